The van der Waals surface area contributed by atoms with Gasteiger partial charge in [-0.1, -0.05) is 18.2 Å². The fourth-order valence-electron chi connectivity index (χ4n) is 3.00. The Bertz CT molecular complexity index is 698. The second-order valence-electron chi connectivity index (χ2n) is 6.21. The molecule has 1 aromatic heterocycles. The van der Waals surface area contributed by atoms with E-state index in [4.69, 9.17) is 0 Å². The molecule has 1 aliphatic heterocycles. The quantitative estimate of drug-likeness (QED) is 0.789. The van der Waals surface area contributed by atoms with Crippen molar-refractivity contribution < 1.29 is 14.5 Å². The van der Waals surface area contributed by atoms with Gasteiger partial charge in [-0.3, -0.25) is 14.6 Å². The van der Waals surface area contributed by atoms with Crippen molar-refractivity contribution in [2.45, 2.75) is 6.54 Å². The van der Waals surface area contributed by atoms with Crippen molar-refractivity contribution in [2.75, 3.05) is 32.7 Å². The lowest BCUT2D eigenvalue weighted by atomic mass is 10.2. The molecule has 1 aromatic carbocycles. The third-order valence-electron chi connectivity index (χ3n) is 4.46. The van der Waals surface area contributed by atoms with Gasteiger partial charge in [0.05, 0.1) is 32.7 Å². The number of rotatable bonds is 5. The van der Waals surface area contributed by atoms with Crippen molar-refractivity contribution in [3.8, 4) is 0 Å². The van der Waals surface area contributed by atoms with Crippen LogP contribution in [0.5, 0.6) is 0 Å². The molecule has 3 rings (SSSR count). The number of aromatic nitrogens is 1. The molecule has 6 heteroatoms. The van der Waals surface area contributed by atoms with Crippen LogP contribution in [0.4, 0.5) is 0 Å². The third kappa shape index (κ3) is 4.87. The average molecular weight is 339 g/mol. The lowest BCUT2D eigenvalue weighted by Crippen LogP contribution is -3.13. The third-order valence-corrected chi connectivity index (χ3v) is 4.46. The molecule has 0 atom stereocenters. The SMILES string of the molecule is O=C(NCC(=O)N1CC[NH+](Cc2ccncc2)CC1)c1ccccc1. The van der Waals surface area contributed by atoms with Crippen LogP contribution in [0.2, 0.25) is 0 Å². The summed E-state index contributed by atoms with van der Waals surface area (Å²) in [4.78, 5) is 31.6. The van der Waals surface area contributed by atoms with Crippen molar-refractivity contribution in [1.29, 1.82) is 0 Å². The van der Waals surface area contributed by atoms with Crippen molar-refractivity contribution in [1.82, 2.24) is 15.2 Å². The smallest absolute Gasteiger partial charge is 0.251 e. The summed E-state index contributed by atoms with van der Waals surface area (Å²) in [5, 5.41) is 2.70. The van der Waals surface area contributed by atoms with Crippen LogP contribution in [0.15, 0.2) is 54.9 Å². The molecule has 0 bridgehead atoms. The molecular formula is C19H23N4O2+. The van der Waals surface area contributed by atoms with Crippen LogP contribution in [0.25, 0.3) is 0 Å². The number of hydrogen-bond acceptors (Lipinski definition) is 3. The zero-order valence-electron chi connectivity index (χ0n) is 14.1. The van der Waals surface area contributed by atoms with Gasteiger partial charge in [-0.2, -0.15) is 0 Å². The Hall–Kier alpha value is -2.73. The van der Waals surface area contributed by atoms with Crippen LogP contribution < -0.4 is 10.2 Å². The molecule has 0 spiro atoms. The summed E-state index contributed by atoms with van der Waals surface area (Å²) in [7, 11) is 0. The molecule has 2 N–H and O–H groups in total. The summed E-state index contributed by atoms with van der Waals surface area (Å²) >= 11 is 0. The number of nitrogens with one attached hydrogen (secondary N) is 2. The van der Waals surface area contributed by atoms with Crippen molar-refractivity contribution in [3.05, 3.63) is 66.0 Å². The Morgan fingerprint density at radius 3 is 2.40 bits per heavy atom. The van der Waals surface area contributed by atoms with E-state index in [0.717, 1.165) is 32.7 Å². The number of nitrogens with zero attached hydrogens (tertiary/aromatic N) is 2. The first-order valence-electron chi connectivity index (χ1n) is 8.56. The Morgan fingerprint density at radius 1 is 1.04 bits per heavy atom. The van der Waals surface area contributed by atoms with E-state index >= 15 is 0 Å². The number of hydrogen-bond donors (Lipinski definition) is 2. The number of quaternary nitrogens is 1. The predicted octanol–water partition coefficient (Wildman–Crippen LogP) is -0.261. The second-order valence-corrected chi connectivity index (χ2v) is 6.21. The lowest BCUT2D eigenvalue weighted by Gasteiger charge is -2.32. The number of benzene rings is 1. The molecule has 1 fully saturated rings. The second kappa shape index (κ2) is 8.39. The average Bonchev–Trinajstić information content (AvgIpc) is 2.68. The van der Waals surface area contributed by atoms with E-state index in [1.807, 2.05) is 47.6 Å². The van der Waals surface area contributed by atoms with Gasteiger partial charge >= 0.3 is 0 Å². The van der Waals surface area contributed by atoms with Crippen molar-refractivity contribution >= 4 is 11.8 Å². The topological polar surface area (TPSA) is 66.7 Å². The molecule has 130 valence electrons. The normalized spacial score (nSPS) is 15.0. The van der Waals surface area contributed by atoms with E-state index in [1.165, 1.54) is 10.5 Å². The molecule has 0 saturated carbocycles. The zero-order valence-corrected chi connectivity index (χ0v) is 14.1. The van der Waals surface area contributed by atoms with Gasteiger partial charge in [0.25, 0.3) is 5.91 Å². The highest BCUT2D eigenvalue weighted by Gasteiger charge is 2.23. The lowest BCUT2D eigenvalue weighted by molar-refractivity contribution is -0.917. The maximum absolute atomic E-state index is 12.3. The summed E-state index contributed by atoms with van der Waals surface area (Å²) in [5.41, 5.74) is 1.84. The van der Waals surface area contributed by atoms with E-state index in [9.17, 15) is 9.59 Å². The minimum absolute atomic E-state index is 0.0211. The first-order chi connectivity index (χ1) is 12.2. The highest BCUT2D eigenvalue weighted by atomic mass is 16.2. The number of carbonyl (C=O) groups is 2. The van der Waals surface area contributed by atoms with Gasteiger partial charge in [0, 0.05) is 23.5 Å². The van der Waals surface area contributed by atoms with E-state index < -0.39 is 0 Å². The number of amides is 2. The van der Waals surface area contributed by atoms with Gasteiger partial charge < -0.3 is 15.1 Å². The van der Waals surface area contributed by atoms with Crippen LogP contribution >= 0.6 is 0 Å². The van der Waals surface area contributed by atoms with Gasteiger partial charge in [-0.05, 0) is 24.3 Å². The first-order valence-corrected chi connectivity index (χ1v) is 8.56. The molecule has 6 nitrogen and oxygen atoms in total. The maximum atomic E-state index is 12.3. The summed E-state index contributed by atoms with van der Waals surface area (Å²) in [6.07, 6.45) is 3.62. The number of piperazine rings is 1. The Morgan fingerprint density at radius 2 is 1.72 bits per heavy atom. The summed E-state index contributed by atoms with van der Waals surface area (Å²) in [6.45, 7) is 4.28. The Labute approximate surface area is 147 Å². The van der Waals surface area contributed by atoms with E-state index in [2.05, 4.69) is 10.3 Å². The monoisotopic (exact) mass is 339 g/mol. The molecule has 0 radical (unpaired) electrons. The molecule has 25 heavy (non-hydrogen) atoms. The largest absolute Gasteiger partial charge is 0.343 e. The molecule has 2 heterocycles. The molecule has 1 saturated heterocycles. The van der Waals surface area contributed by atoms with Gasteiger partial charge in [-0.25, -0.2) is 0 Å². The van der Waals surface area contributed by atoms with Gasteiger partial charge in [0.2, 0.25) is 5.91 Å². The highest BCUT2D eigenvalue weighted by molar-refractivity contribution is 5.96. The minimum Gasteiger partial charge on any atom is -0.343 e. The predicted molar refractivity (Wildman–Crippen MR) is 94.0 cm³/mol. The van der Waals surface area contributed by atoms with E-state index in [1.54, 1.807) is 12.1 Å². The summed E-state index contributed by atoms with van der Waals surface area (Å²) < 4.78 is 0. The van der Waals surface area contributed by atoms with Crippen molar-refractivity contribution in [2.24, 2.45) is 0 Å². The highest BCUT2D eigenvalue weighted by Crippen LogP contribution is 1.98. The molecular weight excluding hydrogens is 316 g/mol. The first kappa shape index (κ1) is 17.1. The van der Waals surface area contributed by atoms with Gasteiger partial charge in [0.15, 0.2) is 0 Å². The number of carbonyl (C=O) groups excluding carboxylic acids is 2. The Balaban J connectivity index is 1.42. The Kier molecular flexibility index (Phi) is 5.74. The fraction of sp³-hybridized carbons (Fsp3) is 0.316. The fourth-order valence-corrected chi connectivity index (χ4v) is 3.00. The molecule has 1 aliphatic rings. The zero-order chi connectivity index (χ0) is 17.5. The van der Waals surface area contributed by atoms with Crippen LogP contribution in [0.1, 0.15) is 15.9 Å². The van der Waals surface area contributed by atoms with Crippen LogP contribution in [-0.2, 0) is 11.3 Å². The summed E-state index contributed by atoms with van der Waals surface area (Å²) in [5.74, 6) is -0.233. The molecule has 2 aromatic rings. The number of pyridine rings is 1. The molecule has 0 unspecified atom stereocenters. The maximum Gasteiger partial charge on any atom is 0.251 e. The van der Waals surface area contributed by atoms with Crippen LogP contribution in [0.3, 0.4) is 0 Å². The van der Waals surface area contributed by atoms with Crippen LogP contribution in [-0.4, -0.2) is 54.4 Å². The standard InChI is InChI=1S/C19H22N4O2/c24-18(14-21-19(25)17-4-2-1-3-5-17)23-12-10-22(11-13-23)15-16-6-8-20-9-7-16/h1-9H,10-15H2,(H,21,25)/p+1. The summed E-state index contributed by atoms with van der Waals surface area (Å²) in [6, 6.07) is 13.0. The van der Waals surface area contributed by atoms with Gasteiger partial charge in [-0.15, -0.1) is 0 Å². The van der Waals surface area contributed by atoms with Gasteiger partial charge in [0.1, 0.15) is 6.54 Å². The molecule has 2 amide bonds. The van der Waals surface area contributed by atoms with Crippen LogP contribution in [0, 0.1) is 0 Å². The molecule has 0 aliphatic carbocycles. The van der Waals surface area contributed by atoms with Crippen molar-refractivity contribution in [3.63, 3.8) is 0 Å². The van der Waals surface area contributed by atoms with E-state index in [0.29, 0.717) is 5.56 Å². The van der Waals surface area contributed by atoms with E-state index in [-0.39, 0.29) is 18.4 Å². The minimum atomic E-state index is -0.212.